The maximum atomic E-state index is 9.73. The largest absolute Gasteiger partial charge is 0.394 e. The average molecular weight is 222 g/mol. The van der Waals surface area contributed by atoms with Crippen molar-refractivity contribution >= 4 is 0 Å². The van der Waals surface area contributed by atoms with Crippen LogP contribution < -0.4 is 0 Å². The number of rotatable bonds is 4. The summed E-state index contributed by atoms with van der Waals surface area (Å²) in [5.41, 5.74) is 0. The van der Waals surface area contributed by atoms with Crippen LogP contribution in [0.2, 0.25) is 0 Å². The average Bonchev–Trinajstić information content (AvgIpc) is 2.25. The zero-order chi connectivity index (χ0) is 11.4. The first-order chi connectivity index (χ1) is 7.15. The molecular formula is C9H18O6. The van der Waals surface area contributed by atoms with E-state index >= 15 is 0 Å². The Labute approximate surface area is 88.4 Å². The minimum absolute atomic E-state index is 0.297. The number of aliphatic hydroxyl groups excluding tert-OH is 3. The van der Waals surface area contributed by atoms with Crippen molar-refractivity contribution in [1.29, 1.82) is 0 Å². The van der Waals surface area contributed by atoms with Crippen molar-refractivity contribution in [2.75, 3.05) is 20.3 Å². The van der Waals surface area contributed by atoms with Gasteiger partial charge >= 0.3 is 0 Å². The van der Waals surface area contributed by atoms with E-state index in [1.807, 2.05) is 0 Å². The van der Waals surface area contributed by atoms with Crippen LogP contribution >= 0.6 is 0 Å². The molecule has 6 heteroatoms. The summed E-state index contributed by atoms with van der Waals surface area (Å²) >= 11 is 0. The van der Waals surface area contributed by atoms with Crippen molar-refractivity contribution in [3.8, 4) is 0 Å². The van der Waals surface area contributed by atoms with Crippen LogP contribution in [-0.4, -0.2) is 66.3 Å². The highest BCUT2D eigenvalue weighted by atomic mass is 16.7. The Bertz CT molecular complexity index is 185. The molecular weight excluding hydrogens is 204 g/mol. The summed E-state index contributed by atoms with van der Waals surface area (Å²) in [6.45, 7) is 1.83. The molecule has 0 radical (unpaired) electrons. The van der Waals surface area contributed by atoms with Gasteiger partial charge in [0, 0.05) is 13.7 Å². The second kappa shape index (κ2) is 5.74. The van der Waals surface area contributed by atoms with Gasteiger partial charge in [0.05, 0.1) is 6.61 Å². The SMILES string of the molecule is CCOC1C(CO)OC(OC)C(O)C1O. The van der Waals surface area contributed by atoms with Crippen LogP contribution in [0.15, 0.2) is 0 Å². The molecule has 0 spiro atoms. The first-order valence-corrected chi connectivity index (χ1v) is 4.92. The first-order valence-electron chi connectivity index (χ1n) is 4.92. The van der Waals surface area contributed by atoms with E-state index in [2.05, 4.69) is 0 Å². The van der Waals surface area contributed by atoms with Crippen LogP contribution in [-0.2, 0) is 14.2 Å². The van der Waals surface area contributed by atoms with Crippen LogP contribution in [0.4, 0.5) is 0 Å². The molecule has 0 aromatic carbocycles. The molecule has 1 heterocycles. The lowest BCUT2D eigenvalue weighted by Gasteiger charge is -2.41. The number of hydrogen-bond acceptors (Lipinski definition) is 6. The fourth-order valence-electron chi connectivity index (χ4n) is 1.65. The van der Waals surface area contributed by atoms with E-state index in [9.17, 15) is 10.2 Å². The number of aliphatic hydroxyl groups is 3. The van der Waals surface area contributed by atoms with Crippen molar-refractivity contribution in [1.82, 2.24) is 0 Å². The van der Waals surface area contributed by atoms with Gasteiger partial charge in [-0.05, 0) is 6.92 Å². The van der Waals surface area contributed by atoms with Crippen LogP contribution in [0.25, 0.3) is 0 Å². The molecule has 0 amide bonds. The van der Waals surface area contributed by atoms with E-state index in [0.717, 1.165) is 0 Å². The Balaban J connectivity index is 2.70. The number of hydrogen-bond donors (Lipinski definition) is 3. The molecule has 0 aromatic heterocycles. The lowest BCUT2D eigenvalue weighted by atomic mass is 9.99. The minimum Gasteiger partial charge on any atom is -0.394 e. The maximum Gasteiger partial charge on any atom is 0.186 e. The van der Waals surface area contributed by atoms with Crippen LogP contribution in [0.1, 0.15) is 6.92 Å². The van der Waals surface area contributed by atoms with Crippen molar-refractivity contribution < 1.29 is 29.5 Å². The maximum absolute atomic E-state index is 9.73. The Morgan fingerprint density at radius 3 is 2.40 bits per heavy atom. The van der Waals surface area contributed by atoms with Crippen LogP contribution in [0, 0.1) is 0 Å². The second-order valence-corrected chi connectivity index (χ2v) is 3.36. The standard InChI is InChI=1S/C9H18O6/c1-3-14-8-5(4-10)15-9(13-2)7(12)6(8)11/h5-12H,3-4H2,1-2H3. The van der Waals surface area contributed by atoms with E-state index in [1.165, 1.54) is 7.11 Å². The summed E-state index contributed by atoms with van der Waals surface area (Å²) in [6.07, 6.45) is -4.65. The van der Waals surface area contributed by atoms with Crippen LogP contribution in [0.5, 0.6) is 0 Å². The third-order valence-electron chi connectivity index (χ3n) is 2.41. The molecule has 1 aliphatic rings. The molecule has 0 aliphatic carbocycles. The quantitative estimate of drug-likeness (QED) is 0.535. The fourth-order valence-corrected chi connectivity index (χ4v) is 1.65. The predicted octanol–water partition coefficient (Wildman–Crippen LogP) is -1.52. The summed E-state index contributed by atoms with van der Waals surface area (Å²) in [7, 11) is 1.36. The van der Waals surface area contributed by atoms with Gasteiger partial charge in [-0.2, -0.15) is 0 Å². The third kappa shape index (κ3) is 2.66. The van der Waals surface area contributed by atoms with E-state index < -0.39 is 30.7 Å². The van der Waals surface area contributed by atoms with E-state index in [1.54, 1.807) is 6.92 Å². The molecule has 1 rings (SSSR count). The smallest absolute Gasteiger partial charge is 0.186 e. The first kappa shape index (κ1) is 12.8. The molecule has 0 aromatic rings. The molecule has 1 aliphatic heterocycles. The van der Waals surface area contributed by atoms with Crippen molar-refractivity contribution in [2.24, 2.45) is 0 Å². The van der Waals surface area contributed by atoms with Gasteiger partial charge < -0.3 is 29.5 Å². The van der Waals surface area contributed by atoms with Gasteiger partial charge in [-0.25, -0.2) is 0 Å². The molecule has 5 atom stereocenters. The topological polar surface area (TPSA) is 88.4 Å². The normalized spacial score (nSPS) is 41.8. The van der Waals surface area contributed by atoms with E-state index in [-0.39, 0.29) is 6.61 Å². The van der Waals surface area contributed by atoms with Crippen LogP contribution in [0.3, 0.4) is 0 Å². The van der Waals surface area contributed by atoms with Gasteiger partial charge in [-0.1, -0.05) is 0 Å². The summed E-state index contributed by atoms with van der Waals surface area (Å²) in [5.74, 6) is 0. The summed E-state index contributed by atoms with van der Waals surface area (Å²) in [6, 6.07) is 0. The highest BCUT2D eigenvalue weighted by Crippen LogP contribution is 2.23. The fraction of sp³-hybridized carbons (Fsp3) is 1.00. The van der Waals surface area contributed by atoms with Gasteiger partial charge in [-0.3, -0.25) is 0 Å². The van der Waals surface area contributed by atoms with Gasteiger partial charge in [0.1, 0.15) is 24.4 Å². The Kier molecular flexibility index (Phi) is 4.91. The minimum atomic E-state index is -1.17. The molecule has 6 nitrogen and oxygen atoms in total. The molecule has 3 N–H and O–H groups in total. The lowest BCUT2D eigenvalue weighted by Crippen LogP contribution is -2.59. The van der Waals surface area contributed by atoms with E-state index in [4.69, 9.17) is 19.3 Å². The second-order valence-electron chi connectivity index (χ2n) is 3.36. The molecule has 1 fully saturated rings. The molecule has 1 saturated heterocycles. The molecule has 90 valence electrons. The predicted molar refractivity (Wildman–Crippen MR) is 50.2 cm³/mol. The molecule has 15 heavy (non-hydrogen) atoms. The summed E-state index contributed by atoms with van der Waals surface area (Å²) in [4.78, 5) is 0. The van der Waals surface area contributed by atoms with Gasteiger partial charge in [-0.15, -0.1) is 0 Å². The van der Waals surface area contributed by atoms with Gasteiger partial charge in [0.15, 0.2) is 6.29 Å². The highest BCUT2D eigenvalue weighted by Gasteiger charge is 2.44. The molecule has 5 unspecified atom stereocenters. The van der Waals surface area contributed by atoms with E-state index in [0.29, 0.717) is 6.61 Å². The highest BCUT2D eigenvalue weighted by molar-refractivity contribution is 4.89. The Morgan fingerprint density at radius 2 is 1.93 bits per heavy atom. The lowest BCUT2D eigenvalue weighted by molar-refractivity contribution is -0.300. The summed E-state index contributed by atoms with van der Waals surface area (Å²) < 4.78 is 15.3. The zero-order valence-electron chi connectivity index (χ0n) is 8.87. The van der Waals surface area contributed by atoms with Gasteiger partial charge in [0.25, 0.3) is 0 Å². The van der Waals surface area contributed by atoms with Gasteiger partial charge in [0.2, 0.25) is 0 Å². The van der Waals surface area contributed by atoms with Crippen molar-refractivity contribution in [3.05, 3.63) is 0 Å². The zero-order valence-corrected chi connectivity index (χ0v) is 8.87. The molecule has 0 saturated carbocycles. The number of methoxy groups -OCH3 is 1. The van der Waals surface area contributed by atoms with Crippen molar-refractivity contribution in [3.63, 3.8) is 0 Å². The Morgan fingerprint density at radius 1 is 1.27 bits per heavy atom. The Hall–Kier alpha value is -0.240. The molecule has 0 bridgehead atoms. The number of ether oxygens (including phenoxy) is 3. The third-order valence-corrected chi connectivity index (χ3v) is 2.41. The monoisotopic (exact) mass is 222 g/mol. The van der Waals surface area contributed by atoms with Crippen molar-refractivity contribution in [2.45, 2.75) is 37.6 Å². The summed E-state index contributed by atoms with van der Waals surface area (Å²) in [5, 5.41) is 28.4.